The van der Waals surface area contributed by atoms with Crippen molar-refractivity contribution in [3.8, 4) is 17.6 Å². The van der Waals surface area contributed by atoms with Crippen molar-refractivity contribution in [3.63, 3.8) is 0 Å². The van der Waals surface area contributed by atoms with Crippen molar-refractivity contribution in [1.29, 1.82) is 5.26 Å². The Morgan fingerprint density at radius 1 is 1.19 bits per heavy atom. The van der Waals surface area contributed by atoms with E-state index in [2.05, 4.69) is 16.7 Å². The number of rotatable bonds is 7. The van der Waals surface area contributed by atoms with Gasteiger partial charge < -0.3 is 20.1 Å². The minimum atomic E-state index is -1.15. The fraction of sp³-hybridized carbons (Fsp3) is 0.444. The van der Waals surface area contributed by atoms with Gasteiger partial charge in [0.1, 0.15) is 28.5 Å². The molecule has 10 nitrogen and oxygen atoms in total. The van der Waals surface area contributed by atoms with E-state index in [9.17, 15) is 14.4 Å². The standard InChI is InChI=1S/C36H42FN5O5/c1-7-42(34(45)47-35(3,4)5)30-19-24(37)18-28-32(30)40-33(44)36(28,6)41-17-16-26(29(21-41)39-22(2)43)27-10-8-9-11-31(27)46-25-14-12-23(20-38)13-15-25/h8-15,19,26,28-29H,7,16-18,21H2,1-6H3,(H,39,43)(H,40,44)/t26-,28?,29+,36?/m1/s1. The molecule has 2 unspecified atom stereocenters. The first-order chi connectivity index (χ1) is 22.2. The van der Waals surface area contributed by atoms with Crippen LogP contribution >= 0.6 is 0 Å². The van der Waals surface area contributed by atoms with Crippen LogP contribution in [0.15, 0.2) is 71.8 Å². The van der Waals surface area contributed by atoms with Gasteiger partial charge in [-0.3, -0.25) is 19.4 Å². The van der Waals surface area contributed by atoms with Crippen LogP contribution in [-0.2, 0) is 14.3 Å². The van der Waals surface area contributed by atoms with E-state index in [4.69, 9.17) is 14.7 Å². The number of ether oxygens (including phenoxy) is 2. The molecule has 0 aromatic heterocycles. The maximum Gasteiger partial charge on any atom is 0.414 e. The van der Waals surface area contributed by atoms with Crippen LogP contribution in [0.25, 0.3) is 0 Å². The molecule has 2 heterocycles. The number of nitriles is 1. The van der Waals surface area contributed by atoms with Crippen molar-refractivity contribution >= 4 is 17.9 Å². The number of hydrogen-bond acceptors (Lipinski definition) is 7. The number of hydrogen-bond donors (Lipinski definition) is 2. The lowest BCUT2D eigenvalue weighted by Gasteiger charge is -2.47. The van der Waals surface area contributed by atoms with Crippen molar-refractivity contribution < 1.29 is 28.2 Å². The number of amides is 3. The van der Waals surface area contributed by atoms with E-state index >= 15 is 4.39 Å². The normalized spacial score (nSPS) is 24.4. The van der Waals surface area contributed by atoms with E-state index in [0.29, 0.717) is 42.3 Å². The summed E-state index contributed by atoms with van der Waals surface area (Å²) < 4.78 is 27.3. The first-order valence-electron chi connectivity index (χ1n) is 16.0. The van der Waals surface area contributed by atoms with Crippen LogP contribution in [0.2, 0.25) is 0 Å². The zero-order chi connectivity index (χ0) is 34.1. The summed E-state index contributed by atoms with van der Waals surface area (Å²) in [6.45, 7) is 11.4. The summed E-state index contributed by atoms with van der Waals surface area (Å²) in [5, 5.41) is 15.3. The second-order valence-corrected chi connectivity index (χ2v) is 13.4. The number of halogens is 1. The number of carbonyl (C=O) groups excluding carboxylic acids is 3. The molecular weight excluding hydrogens is 601 g/mol. The maximum atomic E-state index is 15.4. The average molecular weight is 644 g/mol. The molecule has 0 saturated carbocycles. The number of nitrogens with one attached hydrogen (secondary N) is 2. The van der Waals surface area contributed by atoms with Crippen LogP contribution in [0, 0.1) is 17.2 Å². The van der Waals surface area contributed by atoms with Gasteiger partial charge in [-0.2, -0.15) is 5.26 Å². The molecule has 0 radical (unpaired) electrons. The van der Waals surface area contributed by atoms with E-state index in [1.807, 2.05) is 36.1 Å². The van der Waals surface area contributed by atoms with Crippen LogP contribution < -0.4 is 15.4 Å². The van der Waals surface area contributed by atoms with Gasteiger partial charge in [-0.15, -0.1) is 0 Å². The Labute approximate surface area is 275 Å². The SMILES string of the molecule is CCN(C(=O)OC(C)(C)C)C1=C2NC(=O)C(C)(N3CC[C@H](c4ccccc4Oc4ccc(C#N)cc4)[C@@H](NC(C)=O)C3)C2CC(F)=C1. The third kappa shape index (κ3) is 6.88. The number of piperidine rings is 1. The molecule has 0 bridgehead atoms. The molecule has 2 aliphatic heterocycles. The summed E-state index contributed by atoms with van der Waals surface area (Å²) >= 11 is 0. The molecule has 11 heteroatoms. The van der Waals surface area contributed by atoms with Gasteiger partial charge in [-0.25, -0.2) is 9.18 Å². The van der Waals surface area contributed by atoms with Gasteiger partial charge in [-0.1, -0.05) is 18.2 Å². The Hall–Kier alpha value is -4.69. The molecule has 4 atom stereocenters. The molecule has 5 rings (SSSR count). The number of likely N-dealkylation sites (N-methyl/N-ethyl adjacent to an activating group) is 1. The number of fused-ring (bicyclic) bond motifs is 1. The zero-order valence-corrected chi connectivity index (χ0v) is 27.7. The highest BCUT2D eigenvalue weighted by Crippen LogP contribution is 2.47. The Morgan fingerprint density at radius 2 is 1.89 bits per heavy atom. The summed E-state index contributed by atoms with van der Waals surface area (Å²) in [4.78, 5) is 42.9. The van der Waals surface area contributed by atoms with Crippen LogP contribution in [0.4, 0.5) is 9.18 Å². The van der Waals surface area contributed by atoms with E-state index in [-0.39, 0.29) is 42.4 Å². The number of allylic oxidation sites excluding steroid dienone is 2. The van der Waals surface area contributed by atoms with E-state index < -0.39 is 29.0 Å². The van der Waals surface area contributed by atoms with Gasteiger partial charge in [0, 0.05) is 55.6 Å². The van der Waals surface area contributed by atoms with Crippen LogP contribution in [0.3, 0.4) is 0 Å². The predicted octanol–water partition coefficient (Wildman–Crippen LogP) is 5.87. The number of para-hydroxylation sites is 1. The molecule has 2 aromatic carbocycles. The fourth-order valence-electron chi connectivity index (χ4n) is 6.86. The number of likely N-dealkylation sites (tertiary alicyclic amines) is 1. The summed E-state index contributed by atoms with van der Waals surface area (Å²) in [6, 6.07) is 16.2. The third-order valence-corrected chi connectivity index (χ3v) is 9.11. The summed E-state index contributed by atoms with van der Waals surface area (Å²) in [5.74, 6) is -0.452. The fourth-order valence-corrected chi connectivity index (χ4v) is 6.86. The number of carbonyl (C=O) groups is 3. The molecule has 3 amide bonds. The number of nitrogens with zero attached hydrogens (tertiary/aromatic N) is 3. The average Bonchev–Trinajstić information content (AvgIpc) is 3.27. The van der Waals surface area contributed by atoms with Gasteiger partial charge in [0.2, 0.25) is 11.8 Å². The van der Waals surface area contributed by atoms with Gasteiger partial charge in [0.25, 0.3) is 0 Å². The highest BCUT2D eigenvalue weighted by atomic mass is 19.1. The minimum Gasteiger partial charge on any atom is -0.457 e. The van der Waals surface area contributed by atoms with Crippen molar-refractivity contribution in [2.75, 3.05) is 19.6 Å². The predicted molar refractivity (Wildman–Crippen MR) is 174 cm³/mol. The van der Waals surface area contributed by atoms with Crippen molar-refractivity contribution in [2.45, 2.75) is 77.5 Å². The van der Waals surface area contributed by atoms with Crippen molar-refractivity contribution in [3.05, 3.63) is 83.0 Å². The van der Waals surface area contributed by atoms with Gasteiger partial charge >= 0.3 is 6.09 Å². The molecule has 47 heavy (non-hydrogen) atoms. The van der Waals surface area contributed by atoms with E-state index in [1.165, 1.54) is 17.9 Å². The summed E-state index contributed by atoms with van der Waals surface area (Å²) in [6.07, 6.45) is 1.26. The lowest BCUT2D eigenvalue weighted by molar-refractivity contribution is -0.132. The molecule has 2 aromatic rings. The summed E-state index contributed by atoms with van der Waals surface area (Å²) in [7, 11) is 0. The van der Waals surface area contributed by atoms with Gasteiger partial charge in [0.05, 0.1) is 17.3 Å². The lowest BCUT2D eigenvalue weighted by atomic mass is 9.76. The summed E-state index contributed by atoms with van der Waals surface area (Å²) in [5.41, 5.74) is 0.301. The second-order valence-electron chi connectivity index (χ2n) is 13.4. The van der Waals surface area contributed by atoms with Crippen LogP contribution in [0.5, 0.6) is 11.5 Å². The van der Waals surface area contributed by atoms with Crippen molar-refractivity contribution in [2.24, 2.45) is 5.92 Å². The first-order valence-corrected chi connectivity index (χ1v) is 16.0. The smallest absolute Gasteiger partial charge is 0.414 e. The van der Waals surface area contributed by atoms with Gasteiger partial charge in [0.15, 0.2) is 0 Å². The molecule has 1 aliphatic carbocycles. The van der Waals surface area contributed by atoms with Crippen LogP contribution in [0.1, 0.15) is 71.4 Å². The largest absolute Gasteiger partial charge is 0.457 e. The topological polar surface area (TPSA) is 124 Å². The Kier molecular flexibility index (Phi) is 9.46. The lowest BCUT2D eigenvalue weighted by Crippen LogP contribution is -2.62. The number of benzene rings is 2. The maximum absolute atomic E-state index is 15.4. The third-order valence-electron chi connectivity index (χ3n) is 9.11. The van der Waals surface area contributed by atoms with E-state index in [0.717, 1.165) is 5.56 Å². The highest BCUT2D eigenvalue weighted by Gasteiger charge is 2.57. The first kappa shape index (κ1) is 33.7. The molecule has 2 N–H and O–H groups in total. The molecular formula is C36H42FN5O5. The Bertz CT molecular complexity index is 1660. The molecule has 248 valence electrons. The second kappa shape index (κ2) is 13.2. The molecule has 2 saturated heterocycles. The molecule has 0 spiro atoms. The Balaban J connectivity index is 1.45. The molecule has 2 fully saturated rings. The highest BCUT2D eigenvalue weighted by molar-refractivity contribution is 5.92. The van der Waals surface area contributed by atoms with Crippen LogP contribution in [-0.4, -0.2) is 64.5 Å². The van der Waals surface area contributed by atoms with E-state index in [1.54, 1.807) is 52.0 Å². The Morgan fingerprint density at radius 3 is 2.53 bits per heavy atom. The zero-order valence-electron chi connectivity index (χ0n) is 27.7. The quantitative estimate of drug-likeness (QED) is 0.387. The molecule has 3 aliphatic rings. The van der Waals surface area contributed by atoms with Crippen molar-refractivity contribution in [1.82, 2.24) is 20.4 Å². The minimum absolute atomic E-state index is 0.00799. The monoisotopic (exact) mass is 643 g/mol. The van der Waals surface area contributed by atoms with Gasteiger partial charge in [-0.05, 0) is 84.0 Å².